The fraction of sp³-hybridized carbons (Fsp3) is 0.667. The summed E-state index contributed by atoms with van der Waals surface area (Å²) in [6.45, 7) is 5.21. The highest BCUT2D eigenvalue weighted by molar-refractivity contribution is 7.89. The summed E-state index contributed by atoms with van der Waals surface area (Å²) in [6.07, 6.45) is 0.523. The Balaban J connectivity index is 2.27. The number of H-pyrrole nitrogens is 1. The molecule has 1 aromatic heterocycles. The topological polar surface area (TPSA) is 101 Å². The molecule has 4 N–H and O–H groups in total. The predicted octanol–water partition coefficient (Wildman–Crippen LogP) is -0.205. The summed E-state index contributed by atoms with van der Waals surface area (Å²) in [4.78, 5) is 0. The number of aryl methyl sites for hydroxylation is 2. The van der Waals surface area contributed by atoms with E-state index in [0.29, 0.717) is 19.5 Å². The van der Waals surface area contributed by atoms with Crippen LogP contribution in [0.4, 0.5) is 0 Å². The number of hydrogen-bond donors (Lipinski definition) is 3. The average Bonchev–Trinajstić information content (AvgIpc) is 2.46. The minimum atomic E-state index is -3.33. The third-order valence-corrected chi connectivity index (χ3v) is 3.22. The highest BCUT2D eigenvalue weighted by atomic mass is 32.2. The number of hydrogen-bond acceptors (Lipinski definition) is 4. The number of nitrogens with two attached hydrogens (primary N) is 1. The normalized spacial score (nSPS) is 11.9. The minimum absolute atomic E-state index is 0.0172. The molecule has 0 spiro atoms. The third kappa shape index (κ3) is 4.30. The second-order valence-electron chi connectivity index (χ2n) is 3.81. The maximum absolute atomic E-state index is 10.7. The maximum atomic E-state index is 10.7. The molecule has 0 saturated carbocycles. The lowest BCUT2D eigenvalue weighted by Crippen LogP contribution is -2.22. The van der Waals surface area contributed by atoms with Gasteiger partial charge in [-0.25, -0.2) is 13.6 Å². The van der Waals surface area contributed by atoms with E-state index in [1.807, 2.05) is 13.8 Å². The van der Waals surface area contributed by atoms with E-state index >= 15 is 0 Å². The maximum Gasteiger partial charge on any atom is 0.209 e. The van der Waals surface area contributed by atoms with Crippen molar-refractivity contribution in [1.29, 1.82) is 0 Å². The summed E-state index contributed by atoms with van der Waals surface area (Å²) in [5.41, 5.74) is 3.14. The predicted molar refractivity (Wildman–Crippen MR) is 62.4 cm³/mol. The number of aromatic amines is 1. The number of primary sulfonamides is 1. The van der Waals surface area contributed by atoms with Gasteiger partial charge in [0, 0.05) is 17.8 Å². The first-order valence-corrected chi connectivity index (χ1v) is 6.83. The van der Waals surface area contributed by atoms with Gasteiger partial charge >= 0.3 is 0 Å². The van der Waals surface area contributed by atoms with E-state index in [2.05, 4.69) is 15.5 Å². The molecule has 0 fully saturated rings. The van der Waals surface area contributed by atoms with Crippen LogP contribution in [0.5, 0.6) is 0 Å². The molecule has 7 heteroatoms. The Bertz CT molecular complexity index is 419. The van der Waals surface area contributed by atoms with Gasteiger partial charge < -0.3 is 5.32 Å². The summed E-state index contributed by atoms with van der Waals surface area (Å²) < 4.78 is 21.3. The summed E-state index contributed by atoms with van der Waals surface area (Å²) in [5, 5.41) is 15.0. The van der Waals surface area contributed by atoms with Crippen LogP contribution in [0.2, 0.25) is 0 Å². The molecule has 0 aliphatic rings. The van der Waals surface area contributed by atoms with E-state index in [4.69, 9.17) is 5.14 Å². The van der Waals surface area contributed by atoms with Gasteiger partial charge in [0.05, 0.1) is 11.4 Å². The molecule has 16 heavy (non-hydrogen) atoms. The summed E-state index contributed by atoms with van der Waals surface area (Å²) >= 11 is 0. The SMILES string of the molecule is Cc1n[nH]c(C)c1CNCCCS(N)(=O)=O. The fourth-order valence-electron chi connectivity index (χ4n) is 1.45. The number of sulfonamides is 1. The van der Waals surface area contributed by atoms with Crippen LogP contribution in [-0.2, 0) is 16.6 Å². The van der Waals surface area contributed by atoms with Gasteiger partial charge in [0.1, 0.15) is 0 Å². The monoisotopic (exact) mass is 246 g/mol. The van der Waals surface area contributed by atoms with Crippen LogP contribution in [0.1, 0.15) is 23.4 Å². The molecule has 0 aliphatic carbocycles. The molecule has 0 aromatic carbocycles. The molecular formula is C9H18N4O2S. The van der Waals surface area contributed by atoms with Crippen molar-refractivity contribution < 1.29 is 8.42 Å². The van der Waals surface area contributed by atoms with Gasteiger partial charge in [-0.2, -0.15) is 5.10 Å². The van der Waals surface area contributed by atoms with Crippen molar-refractivity contribution in [3.05, 3.63) is 17.0 Å². The number of nitrogens with zero attached hydrogens (tertiary/aromatic N) is 1. The largest absolute Gasteiger partial charge is 0.313 e. The Morgan fingerprint density at radius 1 is 1.44 bits per heavy atom. The zero-order valence-electron chi connectivity index (χ0n) is 9.58. The zero-order valence-corrected chi connectivity index (χ0v) is 10.4. The Kier molecular flexibility index (Phi) is 4.45. The smallest absolute Gasteiger partial charge is 0.209 e. The van der Waals surface area contributed by atoms with Crippen molar-refractivity contribution in [3.8, 4) is 0 Å². The lowest BCUT2D eigenvalue weighted by Gasteiger charge is -2.04. The zero-order chi connectivity index (χ0) is 12.2. The van der Waals surface area contributed by atoms with Crippen LogP contribution in [0.15, 0.2) is 0 Å². The van der Waals surface area contributed by atoms with E-state index in [1.54, 1.807) is 0 Å². The Morgan fingerprint density at radius 3 is 2.62 bits per heavy atom. The van der Waals surface area contributed by atoms with E-state index < -0.39 is 10.0 Å². The van der Waals surface area contributed by atoms with Gasteiger partial charge in [0.25, 0.3) is 0 Å². The molecule has 0 aliphatic heterocycles. The van der Waals surface area contributed by atoms with Crippen molar-refractivity contribution in [1.82, 2.24) is 15.5 Å². The lowest BCUT2D eigenvalue weighted by molar-refractivity contribution is 0.590. The molecule has 0 saturated heterocycles. The van der Waals surface area contributed by atoms with Crippen LogP contribution in [0.25, 0.3) is 0 Å². The van der Waals surface area contributed by atoms with E-state index in [0.717, 1.165) is 17.0 Å². The fourth-order valence-corrected chi connectivity index (χ4v) is 1.99. The second kappa shape index (κ2) is 5.42. The van der Waals surface area contributed by atoms with E-state index in [1.165, 1.54) is 0 Å². The van der Waals surface area contributed by atoms with Crippen molar-refractivity contribution in [3.63, 3.8) is 0 Å². The molecule has 0 amide bonds. The number of nitrogens with one attached hydrogen (secondary N) is 2. The molecule has 6 nitrogen and oxygen atoms in total. The van der Waals surface area contributed by atoms with Crippen LogP contribution >= 0.6 is 0 Å². The van der Waals surface area contributed by atoms with Gasteiger partial charge in [-0.3, -0.25) is 5.10 Å². The molecule has 1 heterocycles. The Morgan fingerprint density at radius 2 is 2.12 bits per heavy atom. The van der Waals surface area contributed by atoms with Crippen molar-refractivity contribution in [2.45, 2.75) is 26.8 Å². The van der Waals surface area contributed by atoms with Crippen molar-refractivity contribution >= 4 is 10.0 Å². The van der Waals surface area contributed by atoms with Crippen LogP contribution in [0, 0.1) is 13.8 Å². The van der Waals surface area contributed by atoms with Gasteiger partial charge in [0.15, 0.2) is 0 Å². The van der Waals surface area contributed by atoms with Crippen LogP contribution in [0.3, 0.4) is 0 Å². The quantitative estimate of drug-likeness (QED) is 0.605. The first-order valence-electron chi connectivity index (χ1n) is 5.12. The number of rotatable bonds is 6. The van der Waals surface area contributed by atoms with Gasteiger partial charge in [-0.1, -0.05) is 0 Å². The molecule has 0 radical (unpaired) electrons. The third-order valence-electron chi connectivity index (χ3n) is 2.36. The first kappa shape index (κ1) is 13.1. The van der Waals surface area contributed by atoms with Gasteiger partial charge in [-0.15, -0.1) is 0 Å². The summed E-state index contributed by atoms with van der Waals surface area (Å²) in [7, 11) is -3.33. The highest BCUT2D eigenvalue weighted by Crippen LogP contribution is 2.08. The summed E-state index contributed by atoms with van der Waals surface area (Å²) in [6, 6.07) is 0. The molecule has 0 unspecified atom stereocenters. The van der Waals surface area contributed by atoms with Crippen molar-refractivity contribution in [2.24, 2.45) is 5.14 Å². The van der Waals surface area contributed by atoms with Crippen LogP contribution in [-0.4, -0.2) is 30.9 Å². The molecular weight excluding hydrogens is 228 g/mol. The molecule has 0 atom stereocenters. The number of aromatic nitrogens is 2. The summed E-state index contributed by atoms with van der Waals surface area (Å²) in [5.74, 6) is 0.0172. The first-order chi connectivity index (χ1) is 7.40. The van der Waals surface area contributed by atoms with Gasteiger partial charge in [-0.05, 0) is 26.8 Å². The highest BCUT2D eigenvalue weighted by Gasteiger charge is 2.05. The second-order valence-corrected chi connectivity index (χ2v) is 5.54. The van der Waals surface area contributed by atoms with Crippen molar-refractivity contribution in [2.75, 3.05) is 12.3 Å². The molecule has 0 bridgehead atoms. The molecule has 1 rings (SSSR count). The Hall–Kier alpha value is -0.920. The minimum Gasteiger partial charge on any atom is -0.313 e. The van der Waals surface area contributed by atoms with Crippen LogP contribution < -0.4 is 10.5 Å². The van der Waals surface area contributed by atoms with E-state index in [9.17, 15) is 8.42 Å². The molecule has 1 aromatic rings. The Labute approximate surface area is 95.7 Å². The van der Waals surface area contributed by atoms with E-state index in [-0.39, 0.29) is 5.75 Å². The van der Waals surface area contributed by atoms with Gasteiger partial charge in [0.2, 0.25) is 10.0 Å². The lowest BCUT2D eigenvalue weighted by atomic mass is 10.2. The molecule has 92 valence electrons. The standard InChI is InChI=1S/C9H18N4O2S/c1-7-9(8(2)13-12-7)6-11-4-3-5-16(10,14)15/h11H,3-6H2,1-2H3,(H,12,13)(H2,10,14,15). The average molecular weight is 246 g/mol.